The zero-order valence-corrected chi connectivity index (χ0v) is 12.1. The van der Waals surface area contributed by atoms with Gasteiger partial charge in [-0.05, 0) is 36.8 Å². The van der Waals surface area contributed by atoms with E-state index in [1.807, 2.05) is 0 Å². The molecule has 0 amide bonds. The topological polar surface area (TPSA) is 55.8 Å². The van der Waals surface area contributed by atoms with Crippen molar-refractivity contribution in [3.63, 3.8) is 0 Å². The number of hydrogen-bond acceptors (Lipinski definition) is 4. The third-order valence-electron chi connectivity index (χ3n) is 3.38. The van der Waals surface area contributed by atoms with Crippen molar-refractivity contribution in [1.29, 1.82) is 0 Å². The Morgan fingerprint density at radius 3 is 2.70 bits per heavy atom. The number of esters is 1. The Morgan fingerprint density at radius 1 is 1.39 bits per heavy atom. The Labute approximate surface area is 129 Å². The highest BCUT2D eigenvalue weighted by Crippen LogP contribution is 2.42. The lowest BCUT2D eigenvalue weighted by atomic mass is 9.88. The third-order valence-corrected chi connectivity index (χ3v) is 3.38. The predicted molar refractivity (Wildman–Crippen MR) is 72.1 cm³/mol. The molecule has 0 bridgehead atoms. The van der Waals surface area contributed by atoms with E-state index in [9.17, 15) is 27.5 Å². The van der Waals surface area contributed by atoms with Crippen LogP contribution in [0.15, 0.2) is 24.3 Å². The lowest BCUT2D eigenvalue weighted by Crippen LogP contribution is -2.53. The molecule has 1 aromatic carbocycles. The predicted octanol–water partition coefficient (Wildman–Crippen LogP) is 2.85. The second-order valence-corrected chi connectivity index (χ2v) is 4.94. The maximum atomic E-state index is 13.4. The van der Waals surface area contributed by atoms with E-state index in [1.165, 1.54) is 19.1 Å². The highest BCUT2D eigenvalue weighted by atomic mass is 19.4. The van der Waals surface area contributed by atoms with Gasteiger partial charge in [0.25, 0.3) is 5.60 Å². The van der Waals surface area contributed by atoms with E-state index >= 15 is 0 Å². The second kappa shape index (κ2) is 6.19. The first-order valence-corrected chi connectivity index (χ1v) is 6.77. The fourth-order valence-electron chi connectivity index (χ4n) is 2.20. The van der Waals surface area contributed by atoms with Crippen molar-refractivity contribution in [2.45, 2.75) is 25.1 Å². The molecule has 0 aliphatic carbocycles. The van der Waals surface area contributed by atoms with Gasteiger partial charge in [-0.25, -0.2) is 9.18 Å². The summed E-state index contributed by atoms with van der Waals surface area (Å²) >= 11 is 0. The SMILES string of the molecule is CCOC(=O)C(O)(CC1=CCOc2ccc(F)cc21)C(F)(F)F. The highest BCUT2D eigenvalue weighted by molar-refractivity contribution is 5.85. The van der Waals surface area contributed by atoms with Crippen molar-refractivity contribution >= 4 is 11.5 Å². The van der Waals surface area contributed by atoms with Crippen LogP contribution in [0.1, 0.15) is 18.9 Å². The van der Waals surface area contributed by atoms with Gasteiger partial charge in [-0.1, -0.05) is 0 Å². The molecule has 0 aromatic heterocycles. The number of hydrogen-bond donors (Lipinski definition) is 1. The van der Waals surface area contributed by atoms with Gasteiger partial charge in [0, 0.05) is 12.0 Å². The van der Waals surface area contributed by atoms with Crippen LogP contribution in [-0.4, -0.2) is 36.1 Å². The van der Waals surface area contributed by atoms with Crippen LogP contribution < -0.4 is 4.74 Å². The zero-order chi connectivity index (χ0) is 17.3. The number of carbonyl (C=O) groups is 1. The van der Waals surface area contributed by atoms with E-state index in [0.29, 0.717) is 0 Å². The van der Waals surface area contributed by atoms with Crippen molar-refractivity contribution < 1.29 is 36.9 Å². The lowest BCUT2D eigenvalue weighted by molar-refractivity contribution is -0.260. The fraction of sp³-hybridized carbons (Fsp3) is 0.400. The molecule has 1 N–H and O–H groups in total. The molecular weight excluding hydrogens is 320 g/mol. The van der Waals surface area contributed by atoms with Crippen LogP contribution in [0.4, 0.5) is 17.6 Å². The molecule has 1 aliphatic rings. The van der Waals surface area contributed by atoms with E-state index in [2.05, 4.69) is 4.74 Å². The van der Waals surface area contributed by atoms with Crippen molar-refractivity contribution in [3.05, 3.63) is 35.7 Å². The zero-order valence-electron chi connectivity index (χ0n) is 12.1. The minimum absolute atomic E-state index is 0.0429. The van der Waals surface area contributed by atoms with E-state index in [4.69, 9.17) is 4.74 Å². The Morgan fingerprint density at radius 2 is 2.09 bits per heavy atom. The van der Waals surface area contributed by atoms with E-state index in [1.54, 1.807) is 0 Å². The van der Waals surface area contributed by atoms with Crippen molar-refractivity contribution in [2.75, 3.05) is 13.2 Å². The normalized spacial score (nSPS) is 16.7. The molecule has 0 spiro atoms. The van der Waals surface area contributed by atoms with Crippen LogP contribution in [0.2, 0.25) is 0 Å². The molecule has 0 radical (unpaired) electrons. The largest absolute Gasteiger partial charge is 0.489 e. The molecule has 0 saturated heterocycles. The molecule has 4 nitrogen and oxygen atoms in total. The van der Waals surface area contributed by atoms with Crippen LogP contribution in [-0.2, 0) is 9.53 Å². The van der Waals surface area contributed by atoms with Gasteiger partial charge in [-0.2, -0.15) is 13.2 Å². The minimum atomic E-state index is -5.24. The second-order valence-electron chi connectivity index (χ2n) is 4.94. The first-order chi connectivity index (χ1) is 10.7. The quantitative estimate of drug-likeness (QED) is 0.680. The summed E-state index contributed by atoms with van der Waals surface area (Å²) in [5.74, 6) is -2.29. The molecule has 23 heavy (non-hydrogen) atoms. The molecule has 0 fully saturated rings. The highest BCUT2D eigenvalue weighted by Gasteiger charge is 2.61. The Kier molecular flexibility index (Phi) is 4.65. The number of ether oxygens (including phenoxy) is 2. The number of aliphatic hydroxyl groups is 1. The molecule has 1 atom stereocenters. The Bertz CT molecular complexity index is 639. The maximum Gasteiger partial charge on any atom is 0.428 e. The van der Waals surface area contributed by atoms with Crippen LogP contribution in [0.25, 0.3) is 5.57 Å². The summed E-state index contributed by atoms with van der Waals surface area (Å²) < 4.78 is 62.5. The Balaban J connectivity index is 2.40. The van der Waals surface area contributed by atoms with Crippen LogP contribution >= 0.6 is 0 Å². The van der Waals surface area contributed by atoms with Crippen molar-refractivity contribution in [1.82, 2.24) is 0 Å². The van der Waals surface area contributed by atoms with E-state index in [0.717, 1.165) is 12.1 Å². The van der Waals surface area contributed by atoms with E-state index < -0.39 is 30.0 Å². The monoisotopic (exact) mass is 334 g/mol. The summed E-state index contributed by atoms with van der Waals surface area (Å²) in [5.41, 5.74) is -3.70. The van der Waals surface area contributed by atoms with Gasteiger partial charge in [-0.3, -0.25) is 0 Å². The van der Waals surface area contributed by atoms with Gasteiger partial charge in [0.1, 0.15) is 18.2 Å². The smallest absolute Gasteiger partial charge is 0.428 e. The van der Waals surface area contributed by atoms with Gasteiger partial charge in [0.15, 0.2) is 0 Å². The summed E-state index contributed by atoms with van der Waals surface area (Å²) in [6.45, 7) is 0.961. The summed E-state index contributed by atoms with van der Waals surface area (Å²) in [4.78, 5) is 11.6. The standard InChI is InChI=1S/C15H14F4O4/c1-2-22-13(20)14(21,15(17,18)19)8-9-5-6-23-12-4-3-10(16)7-11(9)12/h3-5,7,21H,2,6,8H2,1H3. The number of fused-ring (bicyclic) bond motifs is 1. The van der Waals surface area contributed by atoms with Crippen molar-refractivity contribution in [3.8, 4) is 5.75 Å². The average Bonchev–Trinajstić information content (AvgIpc) is 2.46. The number of rotatable bonds is 4. The van der Waals surface area contributed by atoms with Crippen LogP contribution in [0.5, 0.6) is 5.75 Å². The molecule has 1 aromatic rings. The first-order valence-electron chi connectivity index (χ1n) is 6.77. The van der Waals surface area contributed by atoms with Gasteiger partial charge >= 0.3 is 12.1 Å². The molecule has 8 heteroatoms. The number of carbonyl (C=O) groups excluding carboxylic acids is 1. The Hall–Kier alpha value is -2.09. The molecular formula is C15H14F4O4. The summed E-state index contributed by atoms with van der Waals surface area (Å²) in [5, 5.41) is 9.92. The van der Waals surface area contributed by atoms with Gasteiger partial charge < -0.3 is 14.6 Å². The average molecular weight is 334 g/mol. The maximum absolute atomic E-state index is 13.4. The number of benzene rings is 1. The molecule has 1 aliphatic heterocycles. The first kappa shape index (κ1) is 17.3. The molecule has 1 unspecified atom stereocenters. The summed E-state index contributed by atoms with van der Waals surface area (Å²) in [6, 6.07) is 3.36. The number of alkyl halides is 3. The van der Waals surface area contributed by atoms with Crippen molar-refractivity contribution in [2.24, 2.45) is 0 Å². The molecule has 0 saturated carbocycles. The lowest BCUT2D eigenvalue weighted by Gasteiger charge is -2.30. The van der Waals surface area contributed by atoms with Crippen LogP contribution in [0, 0.1) is 5.82 Å². The molecule has 1 heterocycles. The molecule has 126 valence electrons. The summed E-state index contributed by atoms with van der Waals surface area (Å²) in [6.07, 6.45) is -5.07. The molecule has 2 rings (SSSR count). The summed E-state index contributed by atoms with van der Waals surface area (Å²) in [7, 11) is 0. The van der Waals surface area contributed by atoms with Gasteiger partial charge in [0.05, 0.1) is 6.61 Å². The van der Waals surface area contributed by atoms with Gasteiger partial charge in [-0.15, -0.1) is 0 Å². The number of halogens is 4. The third kappa shape index (κ3) is 3.31. The minimum Gasteiger partial charge on any atom is -0.489 e. The van der Waals surface area contributed by atoms with Gasteiger partial charge in [0.2, 0.25) is 0 Å². The van der Waals surface area contributed by atoms with E-state index in [-0.39, 0.29) is 30.1 Å². The fourth-order valence-corrected chi connectivity index (χ4v) is 2.20. The van der Waals surface area contributed by atoms with Crippen LogP contribution in [0.3, 0.4) is 0 Å².